The van der Waals surface area contributed by atoms with Crippen LogP contribution in [0.3, 0.4) is 0 Å². The quantitative estimate of drug-likeness (QED) is 0.564. The molecule has 0 radical (unpaired) electrons. The Kier molecular flexibility index (Phi) is 3.01. The Morgan fingerprint density at radius 2 is 2.33 bits per heavy atom. The summed E-state index contributed by atoms with van der Waals surface area (Å²) in [6.45, 7) is 3.32. The van der Waals surface area contributed by atoms with Crippen LogP contribution >= 0.6 is 0 Å². The molecule has 114 valence electrons. The summed E-state index contributed by atoms with van der Waals surface area (Å²) >= 11 is 0. The lowest BCUT2D eigenvalue weighted by Gasteiger charge is -2.27. The zero-order valence-electron chi connectivity index (χ0n) is 11.6. The van der Waals surface area contributed by atoms with Crippen LogP contribution in [0.1, 0.15) is 26.5 Å². The highest BCUT2D eigenvalue weighted by Gasteiger charge is 2.52. The first-order valence-corrected chi connectivity index (χ1v) is 6.64. The van der Waals surface area contributed by atoms with Gasteiger partial charge in [0.2, 0.25) is 5.95 Å². The molecule has 9 nitrogen and oxygen atoms in total. The maximum atomic E-state index is 11.8. The highest BCUT2D eigenvalue weighted by molar-refractivity contribution is 5.70. The minimum absolute atomic E-state index is 0.0560. The number of aromatic nitrogens is 4. The molecule has 0 bridgehead atoms. The molecule has 5 N–H and O–H groups in total. The van der Waals surface area contributed by atoms with Crippen LogP contribution in [0, 0.1) is 0 Å². The first-order chi connectivity index (χ1) is 9.86. The van der Waals surface area contributed by atoms with Crippen LogP contribution in [-0.2, 0) is 4.74 Å². The van der Waals surface area contributed by atoms with Crippen molar-refractivity contribution < 1.29 is 14.9 Å². The average molecular weight is 295 g/mol. The van der Waals surface area contributed by atoms with Gasteiger partial charge in [-0.25, -0.2) is 4.98 Å². The molecule has 4 atom stereocenters. The number of nitrogens with zero attached hydrogens (tertiary/aromatic N) is 3. The fraction of sp³-hybridized carbons (Fsp3) is 0.583. The summed E-state index contributed by atoms with van der Waals surface area (Å²) in [5.41, 5.74) is 3.83. The Bertz CT molecular complexity index is 737. The summed E-state index contributed by atoms with van der Waals surface area (Å²) in [6.07, 6.45) is -0.588. The second-order valence-electron chi connectivity index (χ2n) is 5.38. The molecule has 1 aliphatic heterocycles. The molecule has 9 heteroatoms. The fourth-order valence-electron chi connectivity index (χ4n) is 2.68. The van der Waals surface area contributed by atoms with Crippen LogP contribution in [-0.4, -0.2) is 47.5 Å². The number of ether oxygens (including phenoxy) is 1. The molecular formula is C12H17N5O4. The molecule has 1 aliphatic rings. The number of hydrogen-bond acceptors (Lipinski definition) is 7. The van der Waals surface area contributed by atoms with E-state index in [-0.39, 0.29) is 17.1 Å². The second-order valence-corrected chi connectivity index (χ2v) is 5.38. The minimum Gasteiger partial charge on any atom is -0.387 e. The molecular weight excluding hydrogens is 278 g/mol. The number of anilines is 1. The molecule has 0 amide bonds. The van der Waals surface area contributed by atoms with Crippen LogP contribution < -0.4 is 11.3 Å². The van der Waals surface area contributed by atoms with Crippen molar-refractivity contribution in [2.75, 3.05) is 5.73 Å². The highest BCUT2D eigenvalue weighted by atomic mass is 16.6. The molecule has 3 heterocycles. The zero-order valence-corrected chi connectivity index (χ0v) is 11.6. The number of hydrogen-bond donors (Lipinski definition) is 4. The van der Waals surface area contributed by atoms with E-state index < -0.39 is 29.6 Å². The Balaban J connectivity index is 2.15. The monoisotopic (exact) mass is 295 g/mol. The number of H-pyrrole nitrogens is 1. The Morgan fingerprint density at radius 1 is 1.62 bits per heavy atom. The summed E-state index contributed by atoms with van der Waals surface area (Å²) < 4.78 is 7.12. The standard InChI is InChI=1S/C12H17N5O4/c1-3-5-7(18)12(2,20)10(21-5)17-4-14-6-8(17)15-11(13)16-9(6)19/h4-5,7,10,18,20H,3H2,1-2H3,(H3,13,15,16,19)/t5-,7-,10-,12-/m1/s1. The highest BCUT2D eigenvalue weighted by Crippen LogP contribution is 2.40. The van der Waals surface area contributed by atoms with Gasteiger partial charge < -0.3 is 20.7 Å². The smallest absolute Gasteiger partial charge is 0.280 e. The van der Waals surface area contributed by atoms with E-state index in [9.17, 15) is 15.0 Å². The van der Waals surface area contributed by atoms with Crippen molar-refractivity contribution in [1.82, 2.24) is 19.5 Å². The van der Waals surface area contributed by atoms with Crippen LogP contribution in [0.2, 0.25) is 0 Å². The number of fused-ring (bicyclic) bond motifs is 1. The summed E-state index contributed by atoms with van der Waals surface area (Å²) in [6, 6.07) is 0. The maximum Gasteiger partial charge on any atom is 0.280 e. The second kappa shape index (κ2) is 4.52. The summed E-state index contributed by atoms with van der Waals surface area (Å²) in [7, 11) is 0. The predicted octanol–water partition coefficient (Wildman–Crippen LogP) is -0.879. The van der Waals surface area contributed by atoms with Crippen LogP contribution in [0.15, 0.2) is 11.1 Å². The third-order valence-corrected chi connectivity index (χ3v) is 3.86. The number of rotatable bonds is 2. The molecule has 21 heavy (non-hydrogen) atoms. The molecule has 3 rings (SSSR count). The van der Waals surface area contributed by atoms with Gasteiger partial charge in [-0.2, -0.15) is 4.98 Å². The van der Waals surface area contributed by atoms with Crippen LogP contribution in [0.5, 0.6) is 0 Å². The van der Waals surface area contributed by atoms with Crippen molar-refractivity contribution in [3.63, 3.8) is 0 Å². The van der Waals surface area contributed by atoms with Crippen molar-refractivity contribution in [1.29, 1.82) is 0 Å². The molecule has 0 aromatic carbocycles. The molecule has 0 aliphatic carbocycles. The number of imidazole rings is 1. The number of aliphatic hydroxyl groups excluding tert-OH is 1. The van der Waals surface area contributed by atoms with E-state index in [1.165, 1.54) is 17.8 Å². The average Bonchev–Trinajstić information content (AvgIpc) is 2.91. The molecule has 0 saturated carbocycles. The lowest BCUT2D eigenvalue weighted by atomic mass is 9.95. The van der Waals surface area contributed by atoms with Crippen LogP contribution in [0.25, 0.3) is 11.2 Å². The molecule has 1 saturated heterocycles. The molecule has 0 unspecified atom stereocenters. The van der Waals surface area contributed by atoms with Gasteiger partial charge in [-0.05, 0) is 13.3 Å². The van der Waals surface area contributed by atoms with E-state index in [1.54, 1.807) is 0 Å². The van der Waals surface area contributed by atoms with Gasteiger partial charge >= 0.3 is 0 Å². The number of nitrogens with two attached hydrogens (primary N) is 1. The summed E-state index contributed by atoms with van der Waals surface area (Å²) in [5.74, 6) is -0.0560. The lowest BCUT2D eigenvalue weighted by molar-refractivity contribution is -0.0940. The minimum atomic E-state index is -1.53. The fourth-order valence-corrected chi connectivity index (χ4v) is 2.68. The summed E-state index contributed by atoms with van der Waals surface area (Å²) in [5, 5.41) is 20.7. The number of nitrogen functional groups attached to an aromatic ring is 1. The molecule has 2 aromatic heterocycles. The molecule has 1 fully saturated rings. The third-order valence-electron chi connectivity index (χ3n) is 3.86. The van der Waals surface area contributed by atoms with E-state index in [1.807, 2.05) is 6.92 Å². The van der Waals surface area contributed by atoms with Gasteiger partial charge in [-0.1, -0.05) is 6.92 Å². The van der Waals surface area contributed by atoms with Gasteiger partial charge in [0.25, 0.3) is 5.56 Å². The normalized spacial score (nSPS) is 32.9. The SMILES string of the molecule is CC[C@H]1O[C@@H](n2cnc3c(=O)[nH]c(N)nc32)[C@](C)(O)[C@@H]1O. The van der Waals surface area contributed by atoms with Gasteiger partial charge in [0.1, 0.15) is 11.7 Å². The lowest BCUT2D eigenvalue weighted by Crippen LogP contribution is -2.43. The van der Waals surface area contributed by atoms with Gasteiger partial charge in [0.15, 0.2) is 17.4 Å². The maximum absolute atomic E-state index is 11.8. The van der Waals surface area contributed by atoms with Crippen molar-refractivity contribution in [2.45, 2.75) is 44.3 Å². The van der Waals surface area contributed by atoms with Gasteiger partial charge in [0, 0.05) is 0 Å². The summed E-state index contributed by atoms with van der Waals surface area (Å²) in [4.78, 5) is 22.1. The Labute approximate surface area is 119 Å². The van der Waals surface area contributed by atoms with E-state index in [4.69, 9.17) is 10.5 Å². The van der Waals surface area contributed by atoms with E-state index >= 15 is 0 Å². The van der Waals surface area contributed by atoms with Crippen molar-refractivity contribution in [2.24, 2.45) is 0 Å². The third kappa shape index (κ3) is 1.93. The largest absolute Gasteiger partial charge is 0.387 e. The first kappa shape index (κ1) is 14.0. The number of aliphatic hydroxyl groups is 2. The van der Waals surface area contributed by atoms with E-state index in [2.05, 4.69) is 15.0 Å². The molecule has 2 aromatic rings. The van der Waals surface area contributed by atoms with Crippen molar-refractivity contribution >= 4 is 17.1 Å². The Hall–Kier alpha value is -1.97. The van der Waals surface area contributed by atoms with Gasteiger partial charge in [-0.15, -0.1) is 0 Å². The number of aromatic amines is 1. The van der Waals surface area contributed by atoms with Gasteiger partial charge in [-0.3, -0.25) is 14.3 Å². The van der Waals surface area contributed by atoms with Crippen LogP contribution in [0.4, 0.5) is 5.95 Å². The number of nitrogens with one attached hydrogen (secondary N) is 1. The van der Waals surface area contributed by atoms with Crippen molar-refractivity contribution in [3.8, 4) is 0 Å². The van der Waals surface area contributed by atoms with E-state index in [0.29, 0.717) is 6.42 Å². The van der Waals surface area contributed by atoms with Gasteiger partial charge in [0.05, 0.1) is 12.4 Å². The predicted molar refractivity (Wildman–Crippen MR) is 73.4 cm³/mol. The zero-order chi connectivity index (χ0) is 15.4. The Morgan fingerprint density at radius 3 is 2.95 bits per heavy atom. The van der Waals surface area contributed by atoms with Crippen molar-refractivity contribution in [3.05, 3.63) is 16.7 Å². The molecule has 0 spiro atoms. The van der Waals surface area contributed by atoms with E-state index in [0.717, 1.165) is 0 Å². The first-order valence-electron chi connectivity index (χ1n) is 6.64. The topological polar surface area (TPSA) is 139 Å².